The Morgan fingerprint density at radius 3 is 2.62 bits per heavy atom. The van der Waals surface area contributed by atoms with E-state index in [0.29, 0.717) is 18.7 Å². The number of hydrogen-bond acceptors (Lipinski definition) is 4. The van der Waals surface area contributed by atoms with Crippen molar-refractivity contribution in [3.05, 3.63) is 17.8 Å². The van der Waals surface area contributed by atoms with Gasteiger partial charge in [-0.2, -0.15) is 0 Å². The van der Waals surface area contributed by atoms with Gasteiger partial charge in [0.15, 0.2) is 11.6 Å². The number of aliphatic hydroxyl groups excluding tert-OH is 1. The lowest BCUT2D eigenvalue weighted by Gasteiger charge is -2.27. The molecule has 1 heterocycles. The summed E-state index contributed by atoms with van der Waals surface area (Å²) in [4.78, 5) is 9.57. The van der Waals surface area contributed by atoms with Crippen molar-refractivity contribution in [3.8, 4) is 0 Å². The minimum atomic E-state index is -0.382. The molecule has 0 saturated heterocycles. The van der Waals surface area contributed by atoms with Gasteiger partial charge in [-0.15, -0.1) is 0 Å². The molecule has 0 aromatic carbocycles. The molecule has 0 radical (unpaired) electrons. The van der Waals surface area contributed by atoms with Crippen LogP contribution in [-0.2, 0) is 6.42 Å². The third-order valence-corrected chi connectivity index (χ3v) is 2.41. The number of halogens is 1. The first-order valence-corrected chi connectivity index (χ1v) is 5.48. The minimum absolute atomic E-state index is 0.0247. The van der Waals surface area contributed by atoms with E-state index >= 15 is 0 Å². The summed E-state index contributed by atoms with van der Waals surface area (Å²) in [7, 11) is 0. The highest BCUT2D eigenvalue weighted by atomic mass is 19.1. The van der Waals surface area contributed by atoms with E-state index in [1.54, 1.807) is 4.90 Å². The summed E-state index contributed by atoms with van der Waals surface area (Å²) >= 11 is 0. The Morgan fingerprint density at radius 2 is 2.12 bits per heavy atom. The van der Waals surface area contributed by atoms with Gasteiger partial charge in [-0.05, 0) is 20.3 Å². The number of rotatable bonds is 5. The minimum Gasteiger partial charge on any atom is -0.395 e. The van der Waals surface area contributed by atoms with Crippen LogP contribution < -0.4 is 4.90 Å². The van der Waals surface area contributed by atoms with Crippen LogP contribution in [0.2, 0.25) is 0 Å². The molecule has 0 fully saturated rings. The van der Waals surface area contributed by atoms with E-state index in [4.69, 9.17) is 5.11 Å². The second-order valence-electron chi connectivity index (χ2n) is 3.82. The Kier molecular flexibility index (Phi) is 4.61. The fraction of sp³-hybridized carbons (Fsp3) is 0.636. The standard InChI is InChI=1S/C11H18FN3O/c1-4-9-10(12)11(14-7-13-9)15(5-6-16)8(2)3/h7-8,16H,4-6H2,1-3H3. The van der Waals surface area contributed by atoms with Gasteiger partial charge in [0.25, 0.3) is 0 Å². The lowest BCUT2D eigenvalue weighted by molar-refractivity contribution is 0.298. The molecule has 1 N–H and O–H groups in total. The Labute approximate surface area is 95.1 Å². The van der Waals surface area contributed by atoms with Crippen molar-refractivity contribution in [1.29, 1.82) is 0 Å². The summed E-state index contributed by atoms with van der Waals surface area (Å²) < 4.78 is 14.0. The fourth-order valence-electron chi connectivity index (χ4n) is 1.56. The first-order chi connectivity index (χ1) is 7.61. The Balaban J connectivity index is 3.08. The van der Waals surface area contributed by atoms with Crippen LogP contribution in [0.3, 0.4) is 0 Å². The molecule has 0 aliphatic rings. The van der Waals surface area contributed by atoms with Gasteiger partial charge in [-0.25, -0.2) is 14.4 Å². The number of aryl methyl sites for hydroxylation is 1. The normalized spacial score (nSPS) is 10.9. The highest BCUT2D eigenvalue weighted by molar-refractivity contribution is 5.41. The van der Waals surface area contributed by atoms with Crippen molar-refractivity contribution >= 4 is 5.82 Å². The average Bonchev–Trinajstić information content (AvgIpc) is 2.26. The Hall–Kier alpha value is -1.23. The molecule has 90 valence electrons. The molecule has 0 aliphatic heterocycles. The number of nitrogens with zero attached hydrogens (tertiary/aromatic N) is 3. The zero-order valence-corrected chi connectivity index (χ0v) is 9.94. The molecule has 0 aliphatic carbocycles. The highest BCUT2D eigenvalue weighted by Gasteiger charge is 2.18. The van der Waals surface area contributed by atoms with Crippen molar-refractivity contribution in [2.45, 2.75) is 33.2 Å². The lowest BCUT2D eigenvalue weighted by atomic mass is 10.2. The first-order valence-electron chi connectivity index (χ1n) is 5.48. The molecule has 0 atom stereocenters. The summed E-state index contributed by atoms with van der Waals surface area (Å²) in [5.41, 5.74) is 0.411. The van der Waals surface area contributed by atoms with Gasteiger partial charge in [0.05, 0.1) is 12.3 Å². The van der Waals surface area contributed by atoms with Crippen LogP contribution in [0, 0.1) is 5.82 Å². The zero-order chi connectivity index (χ0) is 12.1. The highest BCUT2D eigenvalue weighted by Crippen LogP contribution is 2.19. The molecular weight excluding hydrogens is 209 g/mol. The van der Waals surface area contributed by atoms with Crippen LogP contribution >= 0.6 is 0 Å². The van der Waals surface area contributed by atoms with Gasteiger partial charge in [0.1, 0.15) is 6.33 Å². The Morgan fingerprint density at radius 1 is 1.44 bits per heavy atom. The second kappa shape index (κ2) is 5.75. The molecular formula is C11H18FN3O. The summed E-state index contributed by atoms with van der Waals surface area (Å²) in [6.45, 7) is 6.06. The van der Waals surface area contributed by atoms with Crippen molar-refractivity contribution in [1.82, 2.24) is 9.97 Å². The van der Waals surface area contributed by atoms with E-state index in [2.05, 4.69) is 9.97 Å². The van der Waals surface area contributed by atoms with Crippen molar-refractivity contribution < 1.29 is 9.50 Å². The van der Waals surface area contributed by atoms with Crippen LogP contribution in [0.4, 0.5) is 10.2 Å². The predicted octanol–water partition coefficient (Wildman–Crippen LogP) is 1.39. The third kappa shape index (κ3) is 2.66. The lowest BCUT2D eigenvalue weighted by Crippen LogP contribution is -2.35. The molecule has 1 aromatic heterocycles. The van der Waals surface area contributed by atoms with Gasteiger partial charge in [-0.3, -0.25) is 0 Å². The van der Waals surface area contributed by atoms with Crippen molar-refractivity contribution in [2.24, 2.45) is 0 Å². The van der Waals surface area contributed by atoms with E-state index in [9.17, 15) is 4.39 Å². The van der Waals surface area contributed by atoms with Gasteiger partial charge >= 0.3 is 0 Å². The van der Waals surface area contributed by atoms with Crippen LogP contribution in [0.15, 0.2) is 6.33 Å². The summed E-state index contributed by atoms with van der Waals surface area (Å²) in [5, 5.41) is 8.96. The molecule has 0 spiro atoms. The number of aromatic nitrogens is 2. The molecule has 0 amide bonds. The molecule has 1 rings (SSSR count). The van der Waals surface area contributed by atoms with E-state index in [1.165, 1.54) is 6.33 Å². The fourth-order valence-corrected chi connectivity index (χ4v) is 1.56. The predicted molar refractivity (Wildman–Crippen MR) is 60.9 cm³/mol. The third-order valence-electron chi connectivity index (χ3n) is 2.41. The quantitative estimate of drug-likeness (QED) is 0.825. The molecule has 1 aromatic rings. The van der Waals surface area contributed by atoms with Crippen LogP contribution in [0.5, 0.6) is 0 Å². The maximum absolute atomic E-state index is 14.0. The second-order valence-corrected chi connectivity index (χ2v) is 3.82. The summed E-state index contributed by atoms with van der Waals surface area (Å²) in [5.74, 6) is -0.108. The van der Waals surface area contributed by atoms with Gasteiger partial charge in [0.2, 0.25) is 0 Å². The first kappa shape index (κ1) is 12.8. The van der Waals surface area contributed by atoms with Gasteiger partial charge in [-0.1, -0.05) is 6.92 Å². The van der Waals surface area contributed by atoms with Crippen LogP contribution in [0.25, 0.3) is 0 Å². The molecule has 0 unspecified atom stereocenters. The van der Waals surface area contributed by atoms with Crippen molar-refractivity contribution in [2.75, 3.05) is 18.1 Å². The Bertz CT molecular complexity index is 344. The number of aliphatic hydroxyl groups is 1. The van der Waals surface area contributed by atoms with Gasteiger partial charge in [0, 0.05) is 12.6 Å². The smallest absolute Gasteiger partial charge is 0.187 e. The SMILES string of the molecule is CCc1ncnc(N(CCO)C(C)C)c1F. The van der Waals surface area contributed by atoms with Crippen LogP contribution in [-0.4, -0.2) is 34.3 Å². The summed E-state index contributed by atoms with van der Waals surface area (Å²) in [6.07, 6.45) is 1.90. The zero-order valence-electron chi connectivity index (χ0n) is 9.94. The average molecular weight is 227 g/mol. The molecule has 0 saturated carbocycles. The van der Waals surface area contributed by atoms with Crippen LogP contribution in [0.1, 0.15) is 26.5 Å². The number of hydrogen-bond donors (Lipinski definition) is 1. The summed E-state index contributed by atoms with van der Waals surface area (Å²) in [6, 6.07) is 0.0845. The topological polar surface area (TPSA) is 49.2 Å². The maximum atomic E-state index is 14.0. The monoisotopic (exact) mass is 227 g/mol. The van der Waals surface area contributed by atoms with E-state index < -0.39 is 0 Å². The molecule has 5 heteroatoms. The molecule has 0 bridgehead atoms. The molecule has 4 nitrogen and oxygen atoms in total. The van der Waals surface area contributed by atoms with Gasteiger partial charge < -0.3 is 10.0 Å². The van der Waals surface area contributed by atoms with E-state index in [0.717, 1.165) is 0 Å². The largest absolute Gasteiger partial charge is 0.395 e. The van der Waals surface area contributed by atoms with E-state index in [1.807, 2.05) is 20.8 Å². The van der Waals surface area contributed by atoms with E-state index in [-0.39, 0.29) is 24.3 Å². The maximum Gasteiger partial charge on any atom is 0.187 e. The number of anilines is 1. The molecule has 16 heavy (non-hydrogen) atoms. The van der Waals surface area contributed by atoms with Crippen molar-refractivity contribution in [3.63, 3.8) is 0 Å².